The molecule has 0 radical (unpaired) electrons. The van der Waals surface area contributed by atoms with E-state index in [1.165, 1.54) is 16.9 Å². The van der Waals surface area contributed by atoms with Gasteiger partial charge in [-0.25, -0.2) is 25.8 Å². The van der Waals surface area contributed by atoms with E-state index in [2.05, 4.69) is 25.4 Å². The zero-order valence-corrected chi connectivity index (χ0v) is 12.4. The molecule has 0 unspecified atom stereocenters. The Balaban J connectivity index is 1.96. The minimum atomic E-state index is 0.584. The molecular formula is C14H14N6S. The number of aryl methyl sites for hydroxylation is 3. The largest absolute Gasteiger partial charge is 0.308 e. The molecule has 106 valence electrons. The van der Waals surface area contributed by atoms with Gasteiger partial charge in [0.05, 0.1) is 5.39 Å². The molecule has 1 aliphatic carbocycles. The van der Waals surface area contributed by atoms with Gasteiger partial charge in [-0.2, -0.15) is 0 Å². The van der Waals surface area contributed by atoms with Gasteiger partial charge in [-0.3, -0.25) is 0 Å². The maximum atomic E-state index is 5.68. The Morgan fingerprint density at radius 2 is 2.14 bits per heavy atom. The summed E-state index contributed by atoms with van der Waals surface area (Å²) in [6.45, 7) is 1.85. The molecule has 0 saturated heterocycles. The fraction of sp³-hybridized carbons (Fsp3) is 0.286. The molecule has 0 saturated carbocycles. The van der Waals surface area contributed by atoms with Gasteiger partial charge in [0.15, 0.2) is 11.6 Å². The number of thiophene rings is 1. The number of hydrogen-bond donors (Lipinski definition) is 2. The summed E-state index contributed by atoms with van der Waals surface area (Å²) in [5.41, 5.74) is 4.79. The Hall–Kier alpha value is -2.12. The molecule has 4 rings (SSSR count). The molecule has 7 heteroatoms. The van der Waals surface area contributed by atoms with E-state index in [0.29, 0.717) is 17.5 Å². The van der Waals surface area contributed by atoms with Crippen LogP contribution in [0.15, 0.2) is 12.3 Å². The molecule has 3 heterocycles. The number of nitrogens with zero attached hydrogens (tertiary/aromatic N) is 4. The molecular weight excluding hydrogens is 284 g/mol. The van der Waals surface area contributed by atoms with Crippen LogP contribution < -0.4 is 11.3 Å². The van der Waals surface area contributed by atoms with Gasteiger partial charge in [0.25, 0.3) is 0 Å². The minimum absolute atomic E-state index is 0.584. The molecule has 0 amide bonds. The lowest BCUT2D eigenvalue weighted by Crippen LogP contribution is -2.10. The number of fused-ring (bicyclic) bond motifs is 3. The number of nitrogens with one attached hydrogen (secondary N) is 1. The van der Waals surface area contributed by atoms with Crippen molar-refractivity contribution in [3.05, 3.63) is 28.5 Å². The number of rotatable bonds is 2. The fourth-order valence-electron chi connectivity index (χ4n) is 2.80. The van der Waals surface area contributed by atoms with Crippen molar-refractivity contribution in [3.8, 4) is 11.5 Å². The van der Waals surface area contributed by atoms with Crippen LogP contribution in [0.5, 0.6) is 0 Å². The number of hydrazine groups is 1. The van der Waals surface area contributed by atoms with Gasteiger partial charge >= 0.3 is 0 Å². The van der Waals surface area contributed by atoms with Crippen LogP contribution in [0.4, 0.5) is 5.82 Å². The summed E-state index contributed by atoms with van der Waals surface area (Å²) < 4.78 is 0. The summed E-state index contributed by atoms with van der Waals surface area (Å²) >= 11 is 1.74. The third kappa shape index (κ3) is 1.97. The maximum Gasteiger partial charge on any atom is 0.181 e. The van der Waals surface area contributed by atoms with Crippen molar-refractivity contribution >= 4 is 27.4 Å². The van der Waals surface area contributed by atoms with E-state index in [4.69, 9.17) is 5.84 Å². The van der Waals surface area contributed by atoms with Crippen LogP contribution in [0.25, 0.3) is 21.7 Å². The average molecular weight is 298 g/mol. The second kappa shape index (κ2) is 4.71. The molecule has 0 aliphatic heterocycles. The molecule has 0 aromatic carbocycles. The summed E-state index contributed by atoms with van der Waals surface area (Å²) in [5.74, 6) is 7.65. The third-order valence-electron chi connectivity index (χ3n) is 3.71. The number of hydrogen-bond acceptors (Lipinski definition) is 7. The molecule has 0 bridgehead atoms. The highest BCUT2D eigenvalue weighted by molar-refractivity contribution is 7.19. The zero-order chi connectivity index (χ0) is 14.4. The van der Waals surface area contributed by atoms with E-state index >= 15 is 0 Å². The molecule has 1 aliphatic rings. The van der Waals surface area contributed by atoms with Crippen molar-refractivity contribution in [3.63, 3.8) is 0 Å². The van der Waals surface area contributed by atoms with Gasteiger partial charge in [0.1, 0.15) is 16.3 Å². The normalized spacial score (nSPS) is 13.6. The van der Waals surface area contributed by atoms with Crippen molar-refractivity contribution in [1.29, 1.82) is 0 Å². The highest BCUT2D eigenvalue weighted by Gasteiger charge is 2.22. The van der Waals surface area contributed by atoms with Crippen molar-refractivity contribution in [1.82, 2.24) is 19.9 Å². The van der Waals surface area contributed by atoms with E-state index in [-0.39, 0.29) is 0 Å². The van der Waals surface area contributed by atoms with Crippen molar-refractivity contribution in [2.45, 2.75) is 26.2 Å². The maximum absolute atomic E-state index is 5.68. The molecule has 21 heavy (non-hydrogen) atoms. The van der Waals surface area contributed by atoms with Crippen LogP contribution >= 0.6 is 11.3 Å². The van der Waals surface area contributed by atoms with Crippen LogP contribution in [0.3, 0.4) is 0 Å². The monoisotopic (exact) mass is 298 g/mol. The summed E-state index contributed by atoms with van der Waals surface area (Å²) in [7, 11) is 0. The van der Waals surface area contributed by atoms with Crippen LogP contribution in [0.1, 0.15) is 22.7 Å². The van der Waals surface area contributed by atoms with Crippen LogP contribution in [0, 0.1) is 6.92 Å². The number of aromatic nitrogens is 4. The Morgan fingerprint density at radius 3 is 2.95 bits per heavy atom. The first-order valence-electron chi connectivity index (χ1n) is 6.85. The topological polar surface area (TPSA) is 89.6 Å². The average Bonchev–Trinajstić information content (AvgIpc) is 3.06. The smallest absolute Gasteiger partial charge is 0.181 e. The van der Waals surface area contributed by atoms with Gasteiger partial charge < -0.3 is 5.43 Å². The standard InChI is InChI=1S/C14H14N6S/c1-7-16-6-5-9(17-7)12-18-13(20-15)11-8-3-2-4-10(8)21-14(11)19-12/h5-6H,2-4,15H2,1H3,(H,18,19,20). The summed E-state index contributed by atoms with van der Waals surface area (Å²) in [6.07, 6.45) is 5.13. The summed E-state index contributed by atoms with van der Waals surface area (Å²) in [6, 6.07) is 1.82. The van der Waals surface area contributed by atoms with E-state index in [1.54, 1.807) is 17.5 Å². The summed E-state index contributed by atoms with van der Waals surface area (Å²) in [4.78, 5) is 20.1. The Bertz CT molecular complexity index is 841. The van der Waals surface area contributed by atoms with Gasteiger partial charge in [0.2, 0.25) is 0 Å². The summed E-state index contributed by atoms with van der Waals surface area (Å²) in [5, 5.41) is 1.07. The first-order valence-corrected chi connectivity index (χ1v) is 7.67. The number of anilines is 1. The van der Waals surface area contributed by atoms with Gasteiger partial charge in [-0.05, 0) is 37.8 Å². The first kappa shape index (κ1) is 12.6. The zero-order valence-electron chi connectivity index (χ0n) is 11.6. The molecule has 3 aromatic heterocycles. The third-order valence-corrected chi connectivity index (χ3v) is 4.89. The van der Waals surface area contributed by atoms with Crippen molar-refractivity contribution in [2.24, 2.45) is 5.84 Å². The van der Waals surface area contributed by atoms with E-state index in [9.17, 15) is 0 Å². The lowest BCUT2D eigenvalue weighted by molar-refractivity contribution is 0.917. The lowest BCUT2D eigenvalue weighted by Gasteiger charge is -2.06. The molecule has 3 aromatic rings. The van der Waals surface area contributed by atoms with E-state index in [1.807, 2.05) is 13.0 Å². The van der Waals surface area contributed by atoms with Gasteiger partial charge in [0, 0.05) is 11.1 Å². The van der Waals surface area contributed by atoms with Crippen LogP contribution in [-0.4, -0.2) is 19.9 Å². The predicted molar refractivity (Wildman–Crippen MR) is 83.0 cm³/mol. The number of nitrogens with two attached hydrogens (primary N) is 1. The highest BCUT2D eigenvalue weighted by atomic mass is 32.1. The Kier molecular flexibility index (Phi) is 2.83. The SMILES string of the molecule is Cc1nccc(-c2nc(NN)c3c4c(sc3n2)CCC4)n1. The van der Waals surface area contributed by atoms with E-state index < -0.39 is 0 Å². The van der Waals surface area contributed by atoms with Crippen molar-refractivity contribution < 1.29 is 0 Å². The quantitative estimate of drug-likeness (QED) is 0.557. The first-order chi connectivity index (χ1) is 10.3. The van der Waals surface area contributed by atoms with E-state index in [0.717, 1.165) is 28.8 Å². The van der Waals surface area contributed by atoms with Crippen molar-refractivity contribution in [2.75, 3.05) is 5.43 Å². The minimum Gasteiger partial charge on any atom is -0.308 e. The molecule has 0 spiro atoms. The highest BCUT2D eigenvalue weighted by Crippen LogP contribution is 2.39. The molecule has 0 fully saturated rings. The lowest BCUT2D eigenvalue weighted by atomic mass is 10.2. The second-order valence-electron chi connectivity index (χ2n) is 5.07. The Morgan fingerprint density at radius 1 is 1.24 bits per heavy atom. The molecule has 0 atom stereocenters. The van der Waals surface area contributed by atoms with Gasteiger partial charge in [-0.1, -0.05) is 0 Å². The van der Waals surface area contributed by atoms with Gasteiger partial charge in [-0.15, -0.1) is 11.3 Å². The molecule has 6 nitrogen and oxygen atoms in total. The second-order valence-corrected chi connectivity index (χ2v) is 6.15. The van der Waals surface area contributed by atoms with Crippen LogP contribution in [0.2, 0.25) is 0 Å². The fourth-order valence-corrected chi connectivity index (χ4v) is 4.06. The van der Waals surface area contributed by atoms with Crippen LogP contribution in [-0.2, 0) is 12.8 Å². The molecule has 3 N–H and O–H groups in total. The predicted octanol–water partition coefficient (Wildman–Crippen LogP) is 2.23. The Labute approximate surface area is 125 Å². The number of nitrogen functional groups attached to an aromatic ring is 1.